The third-order valence-corrected chi connectivity index (χ3v) is 3.42. The van der Waals surface area contributed by atoms with Crippen molar-refractivity contribution in [1.29, 1.82) is 0 Å². The van der Waals surface area contributed by atoms with Gasteiger partial charge in [-0.25, -0.2) is 0 Å². The van der Waals surface area contributed by atoms with Gasteiger partial charge in [0.2, 0.25) is 0 Å². The standard InChI is InChI=1S/C11H21NO3/c13-9-11(3-6-14-7-4-11)12-10-2-1-5-15-8-10/h10,12-13H,1-9H2. The molecule has 2 rings (SSSR count). The van der Waals surface area contributed by atoms with Crippen LogP contribution in [0.4, 0.5) is 0 Å². The Balaban J connectivity index is 1.87. The zero-order valence-corrected chi connectivity index (χ0v) is 9.21. The third kappa shape index (κ3) is 2.91. The van der Waals surface area contributed by atoms with E-state index in [-0.39, 0.29) is 12.1 Å². The van der Waals surface area contributed by atoms with Crippen molar-refractivity contribution in [2.75, 3.05) is 33.0 Å². The van der Waals surface area contributed by atoms with Crippen LogP contribution in [0.15, 0.2) is 0 Å². The van der Waals surface area contributed by atoms with E-state index in [9.17, 15) is 5.11 Å². The topological polar surface area (TPSA) is 50.7 Å². The Kier molecular flexibility index (Phi) is 3.97. The van der Waals surface area contributed by atoms with E-state index in [0.29, 0.717) is 6.04 Å². The van der Waals surface area contributed by atoms with Gasteiger partial charge in [-0.05, 0) is 25.7 Å². The lowest BCUT2D eigenvalue weighted by molar-refractivity contribution is -0.0107. The first-order valence-corrected chi connectivity index (χ1v) is 5.89. The van der Waals surface area contributed by atoms with Gasteiger partial charge in [0.15, 0.2) is 0 Å². The van der Waals surface area contributed by atoms with E-state index >= 15 is 0 Å². The SMILES string of the molecule is OCC1(NC2CCCOC2)CCOCC1. The highest BCUT2D eigenvalue weighted by atomic mass is 16.5. The zero-order valence-electron chi connectivity index (χ0n) is 9.21. The molecule has 2 fully saturated rings. The quantitative estimate of drug-likeness (QED) is 0.711. The minimum atomic E-state index is -0.121. The van der Waals surface area contributed by atoms with E-state index in [0.717, 1.165) is 52.1 Å². The second-order valence-electron chi connectivity index (χ2n) is 4.61. The van der Waals surface area contributed by atoms with Gasteiger partial charge >= 0.3 is 0 Å². The maximum absolute atomic E-state index is 9.51. The van der Waals surface area contributed by atoms with Gasteiger partial charge in [0.05, 0.1) is 13.2 Å². The Bertz CT molecular complexity index is 186. The first-order chi connectivity index (χ1) is 7.35. The summed E-state index contributed by atoms with van der Waals surface area (Å²) in [4.78, 5) is 0. The molecule has 0 aromatic heterocycles. The van der Waals surface area contributed by atoms with Crippen molar-refractivity contribution in [2.24, 2.45) is 0 Å². The van der Waals surface area contributed by atoms with Crippen LogP contribution in [-0.4, -0.2) is 49.7 Å². The van der Waals surface area contributed by atoms with Gasteiger partial charge in [-0.15, -0.1) is 0 Å². The molecule has 1 atom stereocenters. The fourth-order valence-corrected chi connectivity index (χ4v) is 2.40. The molecule has 0 bridgehead atoms. The highest BCUT2D eigenvalue weighted by molar-refractivity contribution is 4.92. The van der Waals surface area contributed by atoms with Crippen LogP contribution in [0.3, 0.4) is 0 Å². The smallest absolute Gasteiger partial charge is 0.0619 e. The number of aliphatic hydroxyl groups is 1. The van der Waals surface area contributed by atoms with Gasteiger partial charge in [0, 0.05) is 31.4 Å². The number of aliphatic hydroxyl groups excluding tert-OH is 1. The maximum Gasteiger partial charge on any atom is 0.0619 e. The second-order valence-corrected chi connectivity index (χ2v) is 4.61. The lowest BCUT2D eigenvalue weighted by atomic mass is 9.89. The van der Waals surface area contributed by atoms with Gasteiger partial charge in [-0.3, -0.25) is 0 Å². The molecule has 0 aromatic rings. The van der Waals surface area contributed by atoms with Gasteiger partial charge in [0.1, 0.15) is 0 Å². The first kappa shape index (κ1) is 11.3. The van der Waals surface area contributed by atoms with Crippen molar-refractivity contribution in [3.8, 4) is 0 Å². The summed E-state index contributed by atoms with van der Waals surface area (Å²) in [5.74, 6) is 0. The van der Waals surface area contributed by atoms with Crippen LogP contribution in [0, 0.1) is 0 Å². The van der Waals surface area contributed by atoms with Crippen molar-refractivity contribution < 1.29 is 14.6 Å². The highest BCUT2D eigenvalue weighted by Gasteiger charge is 2.34. The summed E-state index contributed by atoms with van der Waals surface area (Å²) < 4.78 is 10.8. The molecule has 2 aliphatic heterocycles. The molecule has 4 nitrogen and oxygen atoms in total. The molecule has 0 aromatic carbocycles. The summed E-state index contributed by atoms with van der Waals surface area (Å²) in [7, 11) is 0. The summed E-state index contributed by atoms with van der Waals surface area (Å²) in [5.41, 5.74) is -0.121. The normalized spacial score (nSPS) is 31.4. The fraction of sp³-hybridized carbons (Fsp3) is 1.00. The number of nitrogens with one attached hydrogen (secondary N) is 1. The van der Waals surface area contributed by atoms with Crippen LogP contribution in [-0.2, 0) is 9.47 Å². The number of ether oxygens (including phenoxy) is 2. The molecule has 4 heteroatoms. The lowest BCUT2D eigenvalue weighted by Crippen LogP contribution is -2.57. The molecular weight excluding hydrogens is 194 g/mol. The van der Waals surface area contributed by atoms with Crippen LogP contribution < -0.4 is 5.32 Å². The van der Waals surface area contributed by atoms with Gasteiger partial charge in [-0.1, -0.05) is 0 Å². The van der Waals surface area contributed by atoms with Crippen molar-refractivity contribution in [2.45, 2.75) is 37.3 Å². The minimum absolute atomic E-state index is 0.121. The van der Waals surface area contributed by atoms with Crippen LogP contribution in [0.5, 0.6) is 0 Å². The molecule has 0 radical (unpaired) electrons. The summed E-state index contributed by atoms with van der Waals surface area (Å²) >= 11 is 0. The van der Waals surface area contributed by atoms with Gasteiger partial charge < -0.3 is 19.9 Å². The lowest BCUT2D eigenvalue weighted by Gasteiger charge is -2.40. The monoisotopic (exact) mass is 215 g/mol. The van der Waals surface area contributed by atoms with Gasteiger partial charge in [-0.2, -0.15) is 0 Å². The van der Waals surface area contributed by atoms with E-state index in [1.165, 1.54) is 0 Å². The molecule has 15 heavy (non-hydrogen) atoms. The van der Waals surface area contributed by atoms with E-state index in [2.05, 4.69) is 5.32 Å². The van der Waals surface area contributed by atoms with Crippen molar-refractivity contribution in [3.05, 3.63) is 0 Å². The minimum Gasteiger partial charge on any atom is -0.394 e. The van der Waals surface area contributed by atoms with Crippen molar-refractivity contribution in [3.63, 3.8) is 0 Å². The average molecular weight is 215 g/mol. The molecule has 2 N–H and O–H groups in total. The summed E-state index contributed by atoms with van der Waals surface area (Å²) in [6.45, 7) is 3.37. The van der Waals surface area contributed by atoms with E-state index in [1.807, 2.05) is 0 Å². The Morgan fingerprint density at radius 2 is 2.00 bits per heavy atom. The summed E-state index contributed by atoms with van der Waals surface area (Å²) in [5, 5.41) is 13.1. The van der Waals surface area contributed by atoms with E-state index in [1.54, 1.807) is 0 Å². The zero-order chi connectivity index (χ0) is 10.6. The van der Waals surface area contributed by atoms with Crippen LogP contribution in [0.2, 0.25) is 0 Å². The van der Waals surface area contributed by atoms with Gasteiger partial charge in [0.25, 0.3) is 0 Å². The predicted octanol–water partition coefficient (Wildman–Crippen LogP) is 0.296. The Hall–Kier alpha value is -0.160. The number of hydrogen-bond donors (Lipinski definition) is 2. The van der Waals surface area contributed by atoms with Crippen LogP contribution in [0.1, 0.15) is 25.7 Å². The van der Waals surface area contributed by atoms with Crippen LogP contribution in [0.25, 0.3) is 0 Å². The predicted molar refractivity (Wildman–Crippen MR) is 56.8 cm³/mol. The highest BCUT2D eigenvalue weighted by Crippen LogP contribution is 2.22. The van der Waals surface area contributed by atoms with E-state index < -0.39 is 0 Å². The summed E-state index contributed by atoms with van der Waals surface area (Å²) in [6.07, 6.45) is 4.08. The molecule has 0 spiro atoms. The molecular formula is C11H21NO3. The Morgan fingerprint density at radius 1 is 1.20 bits per heavy atom. The second kappa shape index (κ2) is 5.25. The molecule has 2 heterocycles. The van der Waals surface area contributed by atoms with Crippen LogP contribution >= 0.6 is 0 Å². The molecule has 2 saturated heterocycles. The molecule has 2 aliphatic rings. The Labute approximate surface area is 90.9 Å². The third-order valence-electron chi connectivity index (χ3n) is 3.42. The molecule has 0 amide bonds. The van der Waals surface area contributed by atoms with Crippen molar-refractivity contribution >= 4 is 0 Å². The largest absolute Gasteiger partial charge is 0.394 e. The molecule has 1 unspecified atom stereocenters. The molecule has 0 aliphatic carbocycles. The number of rotatable bonds is 3. The first-order valence-electron chi connectivity index (χ1n) is 5.89. The van der Waals surface area contributed by atoms with Crippen molar-refractivity contribution in [1.82, 2.24) is 5.32 Å². The average Bonchev–Trinajstić information content (AvgIpc) is 2.32. The molecule has 0 saturated carbocycles. The van der Waals surface area contributed by atoms with E-state index in [4.69, 9.17) is 9.47 Å². The summed E-state index contributed by atoms with van der Waals surface area (Å²) in [6, 6.07) is 0.406. The fourth-order valence-electron chi connectivity index (χ4n) is 2.40. The number of hydrogen-bond acceptors (Lipinski definition) is 4. The maximum atomic E-state index is 9.51. The molecule has 88 valence electrons. The Morgan fingerprint density at radius 3 is 2.60 bits per heavy atom.